The molecule has 2 aromatic heterocycles. The lowest BCUT2D eigenvalue weighted by molar-refractivity contribution is 0.454. The van der Waals surface area contributed by atoms with Gasteiger partial charge in [0.05, 0.1) is 11.0 Å². The fourth-order valence-corrected chi connectivity index (χ4v) is 1.85. The first-order chi connectivity index (χ1) is 9.13. The molecule has 1 aromatic carbocycles. The zero-order chi connectivity index (χ0) is 13.4. The van der Waals surface area contributed by atoms with Crippen molar-refractivity contribution < 1.29 is 5.11 Å². The quantitative estimate of drug-likeness (QED) is 0.410. The van der Waals surface area contributed by atoms with E-state index in [0.717, 1.165) is 5.52 Å². The van der Waals surface area contributed by atoms with Crippen molar-refractivity contribution in [1.29, 1.82) is 5.41 Å². The van der Waals surface area contributed by atoms with Crippen molar-refractivity contribution in [3.8, 4) is 17.4 Å². The highest BCUT2D eigenvalue weighted by Crippen LogP contribution is 2.21. The van der Waals surface area contributed by atoms with Crippen molar-refractivity contribution in [3.05, 3.63) is 42.0 Å². The number of aromatic hydroxyl groups is 1. The van der Waals surface area contributed by atoms with E-state index >= 15 is 0 Å². The average Bonchev–Trinajstić information content (AvgIpc) is 2.81. The number of nitrogens with one attached hydrogen (secondary N) is 2. The van der Waals surface area contributed by atoms with E-state index in [-0.39, 0.29) is 11.7 Å². The van der Waals surface area contributed by atoms with Crippen LogP contribution < -0.4 is 5.73 Å². The summed E-state index contributed by atoms with van der Waals surface area (Å²) in [6.45, 7) is 0. The summed E-state index contributed by atoms with van der Waals surface area (Å²) >= 11 is 0. The Morgan fingerprint density at radius 1 is 1.21 bits per heavy atom. The number of benzene rings is 1. The van der Waals surface area contributed by atoms with Gasteiger partial charge in [0.1, 0.15) is 11.5 Å². The van der Waals surface area contributed by atoms with Crippen LogP contribution in [0.25, 0.3) is 22.6 Å². The van der Waals surface area contributed by atoms with Crippen LogP contribution >= 0.6 is 0 Å². The van der Waals surface area contributed by atoms with E-state index in [0.29, 0.717) is 22.6 Å². The zero-order valence-corrected chi connectivity index (χ0v) is 9.88. The summed E-state index contributed by atoms with van der Waals surface area (Å²) in [6, 6.07) is 10.3. The van der Waals surface area contributed by atoms with Crippen LogP contribution in [0.2, 0.25) is 0 Å². The summed E-state index contributed by atoms with van der Waals surface area (Å²) in [6.07, 6.45) is 0. The largest absolute Gasteiger partial charge is 0.493 e. The maximum absolute atomic E-state index is 9.37. The van der Waals surface area contributed by atoms with Crippen molar-refractivity contribution in [2.75, 3.05) is 0 Å². The van der Waals surface area contributed by atoms with Crippen molar-refractivity contribution in [2.45, 2.75) is 0 Å². The lowest BCUT2D eigenvalue weighted by atomic mass is 10.2. The Kier molecular flexibility index (Phi) is 2.42. The van der Waals surface area contributed by atoms with Crippen LogP contribution in [0, 0.1) is 5.41 Å². The van der Waals surface area contributed by atoms with Crippen LogP contribution in [0.4, 0.5) is 0 Å². The second-order valence-electron chi connectivity index (χ2n) is 4.11. The molecule has 0 atom stereocenters. The number of pyridine rings is 1. The molecule has 0 saturated heterocycles. The van der Waals surface area contributed by atoms with Gasteiger partial charge in [0.15, 0.2) is 5.82 Å². The number of H-pyrrole nitrogens is 1. The molecule has 0 amide bonds. The first-order valence-electron chi connectivity index (χ1n) is 5.64. The molecule has 94 valence electrons. The molecule has 0 fully saturated rings. The fourth-order valence-electron chi connectivity index (χ4n) is 1.85. The molecular weight excluding hydrogens is 242 g/mol. The van der Waals surface area contributed by atoms with Gasteiger partial charge in [-0.2, -0.15) is 0 Å². The number of imidazole rings is 1. The molecule has 0 aliphatic heterocycles. The molecule has 0 spiro atoms. The number of fused-ring (bicyclic) bond motifs is 1. The molecule has 0 saturated carbocycles. The Labute approximate surface area is 108 Å². The summed E-state index contributed by atoms with van der Waals surface area (Å²) in [5, 5.41) is 16.8. The standard InChI is InChI=1S/C13H11N5O/c14-12(15)7-4-5-8-10(6-7)18-13(17-8)9-2-1-3-11(19)16-9/h1-6H,(H3,14,15)(H,16,19)(H,17,18). The molecule has 0 aliphatic rings. The summed E-state index contributed by atoms with van der Waals surface area (Å²) in [5.41, 5.74) is 8.14. The molecule has 3 aromatic rings. The number of amidine groups is 1. The van der Waals surface area contributed by atoms with Gasteiger partial charge in [0, 0.05) is 11.6 Å². The van der Waals surface area contributed by atoms with Gasteiger partial charge in [-0.15, -0.1) is 0 Å². The molecule has 19 heavy (non-hydrogen) atoms. The van der Waals surface area contributed by atoms with E-state index in [4.69, 9.17) is 11.1 Å². The summed E-state index contributed by atoms with van der Waals surface area (Å²) in [4.78, 5) is 11.5. The van der Waals surface area contributed by atoms with Crippen molar-refractivity contribution in [1.82, 2.24) is 15.0 Å². The highest BCUT2D eigenvalue weighted by Gasteiger charge is 2.08. The van der Waals surface area contributed by atoms with Crippen LogP contribution in [-0.2, 0) is 0 Å². The van der Waals surface area contributed by atoms with E-state index < -0.39 is 0 Å². The highest BCUT2D eigenvalue weighted by atomic mass is 16.3. The predicted molar refractivity (Wildman–Crippen MR) is 72.0 cm³/mol. The average molecular weight is 253 g/mol. The van der Waals surface area contributed by atoms with Crippen LogP contribution in [0.15, 0.2) is 36.4 Å². The Morgan fingerprint density at radius 3 is 2.79 bits per heavy atom. The normalized spacial score (nSPS) is 10.7. The number of nitrogens with two attached hydrogens (primary N) is 1. The number of aromatic nitrogens is 3. The second-order valence-corrected chi connectivity index (χ2v) is 4.11. The predicted octanol–water partition coefficient (Wildman–Crippen LogP) is 1.61. The number of rotatable bonds is 2. The molecule has 0 bridgehead atoms. The van der Waals surface area contributed by atoms with Gasteiger partial charge >= 0.3 is 0 Å². The molecule has 2 heterocycles. The molecule has 0 aliphatic carbocycles. The Bertz CT molecular complexity index is 778. The van der Waals surface area contributed by atoms with Gasteiger partial charge in [-0.05, 0) is 24.3 Å². The first kappa shape index (κ1) is 11.2. The third kappa shape index (κ3) is 1.99. The van der Waals surface area contributed by atoms with Gasteiger partial charge in [0.2, 0.25) is 5.88 Å². The number of nitrogen functional groups attached to an aromatic ring is 1. The molecular formula is C13H11N5O. The van der Waals surface area contributed by atoms with Gasteiger partial charge in [-0.25, -0.2) is 9.97 Å². The number of hydrogen-bond donors (Lipinski definition) is 4. The van der Waals surface area contributed by atoms with E-state index in [1.165, 1.54) is 6.07 Å². The minimum absolute atomic E-state index is 0.00179. The Balaban J connectivity index is 2.14. The summed E-state index contributed by atoms with van der Waals surface area (Å²) in [5.74, 6) is 0.510. The van der Waals surface area contributed by atoms with Gasteiger partial charge in [0.25, 0.3) is 0 Å². The lowest BCUT2D eigenvalue weighted by Gasteiger charge is -1.95. The van der Waals surface area contributed by atoms with E-state index in [1.54, 1.807) is 24.3 Å². The van der Waals surface area contributed by atoms with Gasteiger partial charge < -0.3 is 15.8 Å². The third-order valence-corrected chi connectivity index (χ3v) is 2.77. The lowest BCUT2D eigenvalue weighted by Crippen LogP contribution is -2.10. The maximum atomic E-state index is 9.37. The maximum Gasteiger partial charge on any atom is 0.211 e. The zero-order valence-electron chi connectivity index (χ0n) is 9.88. The van der Waals surface area contributed by atoms with Crippen LogP contribution in [0.5, 0.6) is 5.88 Å². The molecule has 3 rings (SSSR count). The highest BCUT2D eigenvalue weighted by molar-refractivity contribution is 5.98. The van der Waals surface area contributed by atoms with Gasteiger partial charge in [-0.1, -0.05) is 6.07 Å². The third-order valence-electron chi connectivity index (χ3n) is 2.77. The SMILES string of the molecule is N=C(N)c1ccc2[nH]c(-c3cccc(O)n3)nc2c1. The van der Waals surface area contributed by atoms with E-state index in [2.05, 4.69) is 15.0 Å². The van der Waals surface area contributed by atoms with Crippen molar-refractivity contribution >= 4 is 16.9 Å². The summed E-state index contributed by atoms with van der Waals surface area (Å²) < 4.78 is 0. The first-order valence-corrected chi connectivity index (χ1v) is 5.64. The smallest absolute Gasteiger partial charge is 0.211 e. The minimum atomic E-state index is -0.0534. The second kappa shape index (κ2) is 4.09. The monoisotopic (exact) mass is 253 g/mol. The van der Waals surface area contributed by atoms with Crippen molar-refractivity contribution in [2.24, 2.45) is 5.73 Å². The molecule has 0 radical (unpaired) electrons. The van der Waals surface area contributed by atoms with E-state index in [1.807, 2.05) is 6.07 Å². The summed E-state index contributed by atoms with van der Waals surface area (Å²) in [7, 11) is 0. The molecule has 0 unspecified atom stereocenters. The molecule has 6 heteroatoms. The number of hydrogen-bond acceptors (Lipinski definition) is 4. The number of aromatic amines is 1. The molecule has 5 N–H and O–H groups in total. The Morgan fingerprint density at radius 2 is 2.05 bits per heavy atom. The van der Waals surface area contributed by atoms with Crippen LogP contribution in [0.1, 0.15) is 5.56 Å². The van der Waals surface area contributed by atoms with Crippen molar-refractivity contribution in [3.63, 3.8) is 0 Å². The minimum Gasteiger partial charge on any atom is -0.493 e. The Hall–Kier alpha value is -2.89. The van der Waals surface area contributed by atoms with Gasteiger partial charge in [-0.3, -0.25) is 5.41 Å². The van der Waals surface area contributed by atoms with Crippen LogP contribution in [-0.4, -0.2) is 25.9 Å². The van der Waals surface area contributed by atoms with Crippen LogP contribution in [0.3, 0.4) is 0 Å². The molecule has 6 nitrogen and oxygen atoms in total. The fraction of sp³-hybridized carbons (Fsp3) is 0. The van der Waals surface area contributed by atoms with E-state index in [9.17, 15) is 5.11 Å². The topological polar surface area (TPSA) is 112 Å². The number of nitrogens with zero attached hydrogens (tertiary/aromatic N) is 2.